The van der Waals surface area contributed by atoms with E-state index in [1.54, 1.807) is 0 Å². The highest BCUT2D eigenvalue weighted by Gasteiger charge is 2.24. The minimum absolute atomic E-state index is 0.0382. The summed E-state index contributed by atoms with van der Waals surface area (Å²) in [6.07, 6.45) is 0. The van der Waals surface area contributed by atoms with Gasteiger partial charge in [0.05, 0.1) is 10.7 Å². The number of aromatic nitrogens is 2. The number of hydrogen-bond donors (Lipinski definition) is 0. The summed E-state index contributed by atoms with van der Waals surface area (Å²) in [4.78, 5) is 20.7. The lowest BCUT2D eigenvalue weighted by Gasteiger charge is -2.33. The highest BCUT2D eigenvalue weighted by molar-refractivity contribution is 7.09. The van der Waals surface area contributed by atoms with E-state index in [-0.39, 0.29) is 5.91 Å². The van der Waals surface area contributed by atoms with Crippen molar-refractivity contribution in [3.8, 4) is 0 Å². The Labute approximate surface area is 127 Å². The second kappa shape index (κ2) is 5.95. The second-order valence-electron chi connectivity index (χ2n) is 5.25. The molecule has 0 unspecified atom stereocenters. The lowest BCUT2D eigenvalue weighted by Crippen LogP contribution is -2.48. The Morgan fingerprint density at radius 1 is 1.33 bits per heavy atom. The van der Waals surface area contributed by atoms with Crippen molar-refractivity contribution in [3.05, 3.63) is 33.6 Å². The van der Waals surface area contributed by atoms with Gasteiger partial charge in [0.15, 0.2) is 0 Å². The zero-order chi connectivity index (χ0) is 14.8. The summed E-state index contributed by atoms with van der Waals surface area (Å²) in [5, 5.41) is 6.77. The summed E-state index contributed by atoms with van der Waals surface area (Å²) < 4.78 is 5.08. The monoisotopic (exact) mass is 306 g/mol. The number of piperazine rings is 1. The normalized spacial score (nSPS) is 16.4. The Kier molecular flexibility index (Phi) is 4.03. The van der Waals surface area contributed by atoms with Crippen LogP contribution in [0.5, 0.6) is 0 Å². The highest BCUT2D eigenvalue weighted by Crippen LogP contribution is 2.14. The van der Waals surface area contributed by atoms with Crippen molar-refractivity contribution in [3.63, 3.8) is 0 Å². The summed E-state index contributed by atoms with van der Waals surface area (Å²) >= 11 is 1.51. The molecule has 0 aliphatic carbocycles. The van der Waals surface area contributed by atoms with Crippen LogP contribution in [0.15, 0.2) is 16.0 Å². The van der Waals surface area contributed by atoms with E-state index in [1.165, 1.54) is 11.3 Å². The minimum atomic E-state index is 0.0382. The molecule has 0 atom stereocenters. The van der Waals surface area contributed by atoms with E-state index < -0.39 is 0 Å². The zero-order valence-corrected chi connectivity index (χ0v) is 13.0. The second-order valence-corrected chi connectivity index (χ2v) is 6.31. The van der Waals surface area contributed by atoms with Gasteiger partial charge >= 0.3 is 0 Å². The van der Waals surface area contributed by atoms with Crippen molar-refractivity contribution in [2.75, 3.05) is 26.2 Å². The van der Waals surface area contributed by atoms with Gasteiger partial charge in [-0.25, -0.2) is 4.98 Å². The van der Waals surface area contributed by atoms with E-state index >= 15 is 0 Å². The van der Waals surface area contributed by atoms with Crippen LogP contribution in [-0.4, -0.2) is 52.0 Å². The summed E-state index contributed by atoms with van der Waals surface area (Å²) in [6, 6.07) is 1.95. The molecule has 3 heterocycles. The van der Waals surface area contributed by atoms with E-state index in [0.717, 1.165) is 49.2 Å². The maximum absolute atomic E-state index is 12.3. The highest BCUT2D eigenvalue weighted by atomic mass is 32.1. The fourth-order valence-electron chi connectivity index (χ4n) is 2.45. The molecule has 0 aromatic carbocycles. The molecular weight excluding hydrogens is 288 g/mol. The van der Waals surface area contributed by atoms with Gasteiger partial charge in [-0.05, 0) is 13.8 Å². The third-order valence-electron chi connectivity index (χ3n) is 3.56. The average Bonchev–Trinajstić information content (AvgIpc) is 3.08. The summed E-state index contributed by atoms with van der Waals surface area (Å²) in [5.74, 6) is 0.869. The van der Waals surface area contributed by atoms with Gasteiger partial charge in [0.2, 0.25) is 0 Å². The molecule has 7 heteroatoms. The van der Waals surface area contributed by atoms with Gasteiger partial charge in [-0.2, -0.15) is 0 Å². The standard InChI is InChI=1S/C14H18N4O2S/c1-10-7-12(16-20-10)8-17-3-5-18(6-4-17)14(19)13-9-21-11(2)15-13/h7,9H,3-6,8H2,1-2H3. The number of thiazole rings is 1. The first-order chi connectivity index (χ1) is 10.1. The Hall–Kier alpha value is -1.73. The summed E-state index contributed by atoms with van der Waals surface area (Å²) in [6.45, 7) is 7.73. The Bertz CT molecular complexity index is 628. The minimum Gasteiger partial charge on any atom is -0.361 e. The molecule has 2 aromatic rings. The predicted octanol–water partition coefficient (Wildman–Crippen LogP) is 1.71. The van der Waals surface area contributed by atoms with Crippen LogP contribution in [0.2, 0.25) is 0 Å². The summed E-state index contributed by atoms with van der Waals surface area (Å²) in [5.41, 5.74) is 1.51. The van der Waals surface area contributed by atoms with Crippen LogP contribution in [-0.2, 0) is 6.54 Å². The molecule has 0 spiro atoms. The molecule has 0 radical (unpaired) electrons. The lowest BCUT2D eigenvalue weighted by molar-refractivity contribution is 0.0620. The van der Waals surface area contributed by atoms with Crippen LogP contribution in [0.25, 0.3) is 0 Å². The molecule has 6 nitrogen and oxygen atoms in total. The molecule has 1 aliphatic heterocycles. The molecule has 21 heavy (non-hydrogen) atoms. The molecular formula is C14H18N4O2S. The van der Waals surface area contributed by atoms with Gasteiger partial charge < -0.3 is 9.42 Å². The molecule has 1 saturated heterocycles. The Balaban J connectivity index is 1.54. The molecule has 0 saturated carbocycles. The van der Waals surface area contributed by atoms with Gasteiger partial charge in [0.25, 0.3) is 5.91 Å². The molecule has 1 amide bonds. The quantitative estimate of drug-likeness (QED) is 0.864. The Morgan fingerprint density at radius 2 is 2.10 bits per heavy atom. The maximum Gasteiger partial charge on any atom is 0.273 e. The van der Waals surface area contributed by atoms with Crippen molar-refractivity contribution in [2.24, 2.45) is 0 Å². The van der Waals surface area contributed by atoms with Crippen LogP contribution in [0.1, 0.15) is 27.0 Å². The van der Waals surface area contributed by atoms with Gasteiger partial charge in [0, 0.05) is 44.2 Å². The van der Waals surface area contributed by atoms with Crippen molar-refractivity contribution in [2.45, 2.75) is 20.4 Å². The number of nitrogens with zero attached hydrogens (tertiary/aromatic N) is 4. The number of rotatable bonds is 3. The molecule has 112 valence electrons. The first kappa shape index (κ1) is 14.2. The number of aryl methyl sites for hydroxylation is 2. The number of hydrogen-bond acceptors (Lipinski definition) is 6. The fraction of sp³-hybridized carbons (Fsp3) is 0.500. The molecule has 1 aliphatic rings. The smallest absolute Gasteiger partial charge is 0.273 e. The van der Waals surface area contributed by atoms with Crippen molar-refractivity contribution in [1.82, 2.24) is 19.9 Å². The van der Waals surface area contributed by atoms with E-state index in [0.29, 0.717) is 5.69 Å². The zero-order valence-electron chi connectivity index (χ0n) is 12.2. The van der Waals surface area contributed by atoms with Crippen molar-refractivity contribution >= 4 is 17.2 Å². The predicted molar refractivity (Wildman–Crippen MR) is 79.3 cm³/mol. The number of carbonyl (C=O) groups excluding carboxylic acids is 1. The molecule has 0 N–H and O–H groups in total. The largest absolute Gasteiger partial charge is 0.361 e. The first-order valence-electron chi connectivity index (χ1n) is 6.98. The van der Waals surface area contributed by atoms with E-state index in [4.69, 9.17) is 4.52 Å². The van der Waals surface area contributed by atoms with Crippen LogP contribution in [0.4, 0.5) is 0 Å². The topological polar surface area (TPSA) is 62.5 Å². The Morgan fingerprint density at radius 3 is 2.67 bits per heavy atom. The van der Waals surface area contributed by atoms with Gasteiger partial charge in [-0.3, -0.25) is 9.69 Å². The van der Waals surface area contributed by atoms with Crippen LogP contribution in [0, 0.1) is 13.8 Å². The third kappa shape index (κ3) is 3.30. The van der Waals surface area contributed by atoms with Gasteiger partial charge in [-0.1, -0.05) is 5.16 Å². The molecule has 2 aromatic heterocycles. The first-order valence-corrected chi connectivity index (χ1v) is 7.86. The van der Waals surface area contributed by atoms with E-state index in [2.05, 4.69) is 15.0 Å². The fourth-order valence-corrected chi connectivity index (χ4v) is 3.04. The van der Waals surface area contributed by atoms with E-state index in [1.807, 2.05) is 30.2 Å². The van der Waals surface area contributed by atoms with E-state index in [9.17, 15) is 4.79 Å². The van der Waals surface area contributed by atoms with Crippen LogP contribution < -0.4 is 0 Å². The molecule has 1 fully saturated rings. The number of carbonyl (C=O) groups is 1. The lowest BCUT2D eigenvalue weighted by atomic mass is 10.2. The summed E-state index contributed by atoms with van der Waals surface area (Å²) in [7, 11) is 0. The van der Waals surface area contributed by atoms with Crippen LogP contribution >= 0.6 is 11.3 Å². The SMILES string of the molecule is Cc1cc(CN2CCN(C(=O)c3csc(C)n3)CC2)no1. The van der Waals surface area contributed by atoms with Gasteiger partial charge in [0.1, 0.15) is 11.5 Å². The maximum atomic E-state index is 12.3. The van der Waals surface area contributed by atoms with Crippen molar-refractivity contribution < 1.29 is 9.32 Å². The van der Waals surface area contributed by atoms with Crippen molar-refractivity contribution in [1.29, 1.82) is 0 Å². The van der Waals surface area contributed by atoms with Gasteiger partial charge in [-0.15, -0.1) is 11.3 Å². The average molecular weight is 306 g/mol. The molecule has 0 bridgehead atoms. The number of amides is 1. The molecule has 3 rings (SSSR count). The third-order valence-corrected chi connectivity index (χ3v) is 4.33. The van der Waals surface area contributed by atoms with Crippen LogP contribution in [0.3, 0.4) is 0 Å².